The minimum Gasteiger partial charge on any atom is -0.385 e. The van der Waals surface area contributed by atoms with E-state index in [4.69, 9.17) is 0 Å². The van der Waals surface area contributed by atoms with Crippen molar-refractivity contribution in [3.8, 4) is 0 Å². The fourth-order valence-electron chi connectivity index (χ4n) is 3.94. The van der Waals surface area contributed by atoms with Crippen LogP contribution in [0.15, 0.2) is 12.7 Å². The molecule has 0 spiro atoms. The van der Waals surface area contributed by atoms with Gasteiger partial charge in [-0.3, -0.25) is 4.90 Å². The SMILES string of the molecule is C=C[C@@]1(O)C[C@H](C)N(CC)[C@H]2CCCC[C@@H]21. The van der Waals surface area contributed by atoms with Gasteiger partial charge in [0.25, 0.3) is 0 Å². The van der Waals surface area contributed by atoms with Gasteiger partial charge in [-0.25, -0.2) is 0 Å². The van der Waals surface area contributed by atoms with Crippen molar-refractivity contribution in [2.75, 3.05) is 6.54 Å². The fourth-order valence-corrected chi connectivity index (χ4v) is 3.94. The maximum atomic E-state index is 10.7. The van der Waals surface area contributed by atoms with Crippen molar-refractivity contribution in [3.63, 3.8) is 0 Å². The minimum atomic E-state index is -0.615. The van der Waals surface area contributed by atoms with E-state index in [1.165, 1.54) is 19.3 Å². The monoisotopic (exact) mass is 223 g/mol. The van der Waals surface area contributed by atoms with E-state index in [0.29, 0.717) is 18.0 Å². The summed E-state index contributed by atoms with van der Waals surface area (Å²) in [5, 5.41) is 10.7. The maximum Gasteiger partial charge on any atom is 0.0882 e. The molecule has 0 unspecified atom stereocenters. The van der Waals surface area contributed by atoms with Crippen molar-refractivity contribution in [2.24, 2.45) is 5.92 Å². The van der Waals surface area contributed by atoms with Crippen LogP contribution in [0.5, 0.6) is 0 Å². The van der Waals surface area contributed by atoms with Crippen molar-refractivity contribution in [3.05, 3.63) is 12.7 Å². The Bertz CT molecular complexity index is 265. The predicted octanol–water partition coefficient (Wildman–Crippen LogP) is 2.58. The highest BCUT2D eigenvalue weighted by atomic mass is 16.3. The Morgan fingerprint density at radius 2 is 2.12 bits per heavy atom. The van der Waals surface area contributed by atoms with Gasteiger partial charge >= 0.3 is 0 Å². The lowest BCUT2D eigenvalue weighted by molar-refractivity contribution is -0.104. The van der Waals surface area contributed by atoms with Gasteiger partial charge in [-0.2, -0.15) is 0 Å². The zero-order valence-electron chi connectivity index (χ0n) is 10.7. The van der Waals surface area contributed by atoms with E-state index >= 15 is 0 Å². The lowest BCUT2D eigenvalue weighted by atomic mass is 9.67. The van der Waals surface area contributed by atoms with Crippen LogP contribution < -0.4 is 0 Å². The molecule has 2 aliphatic rings. The lowest BCUT2D eigenvalue weighted by Crippen LogP contribution is -2.61. The summed E-state index contributed by atoms with van der Waals surface area (Å²) in [5.74, 6) is 0.412. The van der Waals surface area contributed by atoms with Gasteiger partial charge in [0.2, 0.25) is 0 Å². The van der Waals surface area contributed by atoms with Crippen LogP contribution in [-0.2, 0) is 0 Å². The quantitative estimate of drug-likeness (QED) is 0.727. The van der Waals surface area contributed by atoms with Crippen LogP contribution in [0.1, 0.15) is 46.0 Å². The predicted molar refractivity (Wildman–Crippen MR) is 67.4 cm³/mol. The van der Waals surface area contributed by atoms with E-state index in [1.54, 1.807) is 6.08 Å². The molecule has 2 rings (SSSR count). The maximum absolute atomic E-state index is 10.7. The van der Waals surface area contributed by atoms with E-state index in [9.17, 15) is 5.11 Å². The van der Waals surface area contributed by atoms with Crippen molar-refractivity contribution in [1.29, 1.82) is 0 Å². The van der Waals surface area contributed by atoms with Gasteiger partial charge in [-0.05, 0) is 32.7 Å². The number of fused-ring (bicyclic) bond motifs is 1. The van der Waals surface area contributed by atoms with Crippen LogP contribution in [0, 0.1) is 5.92 Å². The Morgan fingerprint density at radius 1 is 1.44 bits per heavy atom. The molecule has 2 fully saturated rings. The molecule has 92 valence electrons. The highest BCUT2D eigenvalue weighted by molar-refractivity contribution is 5.10. The fraction of sp³-hybridized carbons (Fsp3) is 0.857. The van der Waals surface area contributed by atoms with Crippen molar-refractivity contribution < 1.29 is 5.11 Å². The van der Waals surface area contributed by atoms with Crippen LogP contribution in [0.2, 0.25) is 0 Å². The Labute approximate surface area is 99.3 Å². The number of piperidine rings is 1. The molecule has 1 N–H and O–H groups in total. The standard InChI is InChI=1S/C14H25NO/c1-4-14(16)10-11(3)15(5-2)13-9-7-6-8-12(13)14/h4,11-13,16H,1,5-10H2,2-3H3/t11-,12-,13-,14+/m0/s1. The second-order valence-corrected chi connectivity index (χ2v) is 5.54. The van der Waals surface area contributed by atoms with E-state index in [0.717, 1.165) is 19.4 Å². The van der Waals surface area contributed by atoms with E-state index in [2.05, 4.69) is 25.3 Å². The van der Waals surface area contributed by atoms with Crippen LogP contribution >= 0.6 is 0 Å². The molecular weight excluding hydrogens is 198 g/mol. The topological polar surface area (TPSA) is 23.5 Å². The molecule has 0 bridgehead atoms. The molecule has 0 radical (unpaired) electrons. The lowest BCUT2D eigenvalue weighted by Gasteiger charge is -2.54. The van der Waals surface area contributed by atoms with Crippen LogP contribution in [0.25, 0.3) is 0 Å². The zero-order valence-corrected chi connectivity index (χ0v) is 10.7. The Kier molecular flexibility index (Phi) is 3.41. The molecule has 1 saturated heterocycles. The molecule has 4 atom stereocenters. The van der Waals surface area contributed by atoms with Gasteiger partial charge in [-0.1, -0.05) is 25.8 Å². The van der Waals surface area contributed by atoms with Crippen molar-refractivity contribution >= 4 is 0 Å². The highest BCUT2D eigenvalue weighted by Crippen LogP contribution is 2.44. The normalized spacial score (nSPS) is 45.1. The molecular formula is C14H25NO. The number of nitrogens with zero attached hydrogens (tertiary/aromatic N) is 1. The first-order chi connectivity index (χ1) is 7.62. The summed E-state index contributed by atoms with van der Waals surface area (Å²) < 4.78 is 0. The van der Waals surface area contributed by atoms with Crippen LogP contribution in [-0.4, -0.2) is 34.2 Å². The first-order valence-electron chi connectivity index (χ1n) is 6.74. The first-order valence-corrected chi connectivity index (χ1v) is 6.74. The molecule has 1 heterocycles. The van der Waals surface area contributed by atoms with E-state index < -0.39 is 5.60 Å². The second kappa shape index (κ2) is 4.50. The summed E-state index contributed by atoms with van der Waals surface area (Å²) in [6.45, 7) is 9.45. The number of aliphatic hydroxyl groups is 1. The van der Waals surface area contributed by atoms with Gasteiger partial charge in [0.05, 0.1) is 5.60 Å². The van der Waals surface area contributed by atoms with Crippen molar-refractivity contribution in [1.82, 2.24) is 4.90 Å². The second-order valence-electron chi connectivity index (χ2n) is 5.54. The molecule has 1 aliphatic heterocycles. The van der Waals surface area contributed by atoms with Gasteiger partial charge in [-0.15, -0.1) is 6.58 Å². The first kappa shape index (κ1) is 12.1. The average Bonchev–Trinajstić information content (AvgIpc) is 2.30. The summed E-state index contributed by atoms with van der Waals surface area (Å²) in [6.07, 6.45) is 7.65. The Morgan fingerprint density at radius 3 is 2.75 bits per heavy atom. The minimum absolute atomic E-state index is 0.412. The van der Waals surface area contributed by atoms with E-state index in [-0.39, 0.29) is 0 Å². The van der Waals surface area contributed by atoms with Crippen LogP contribution in [0.4, 0.5) is 0 Å². The average molecular weight is 223 g/mol. The third-order valence-electron chi connectivity index (χ3n) is 4.70. The zero-order chi connectivity index (χ0) is 11.8. The molecule has 0 amide bonds. The highest BCUT2D eigenvalue weighted by Gasteiger charge is 2.48. The van der Waals surface area contributed by atoms with Crippen LogP contribution in [0.3, 0.4) is 0 Å². The summed E-state index contributed by atoms with van der Waals surface area (Å²) in [4.78, 5) is 2.59. The van der Waals surface area contributed by atoms with Gasteiger partial charge < -0.3 is 5.11 Å². The number of hydrogen-bond donors (Lipinski definition) is 1. The van der Waals surface area contributed by atoms with Gasteiger partial charge in [0.15, 0.2) is 0 Å². The molecule has 0 aromatic carbocycles. The molecule has 1 saturated carbocycles. The number of rotatable bonds is 2. The van der Waals surface area contributed by atoms with Gasteiger partial charge in [0, 0.05) is 18.0 Å². The summed E-state index contributed by atoms with van der Waals surface area (Å²) >= 11 is 0. The molecule has 0 aromatic rings. The summed E-state index contributed by atoms with van der Waals surface area (Å²) in [7, 11) is 0. The van der Waals surface area contributed by atoms with Gasteiger partial charge in [0.1, 0.15) is 0 Å². The van der Waals surface area contributed by atoms with Crippen molar-refractivity contribution in [2.45, 2.75) is 63.6 Å². The Hall–Kier alpha value is -0.340. The molecule has 2 heteroatoms. The number of hydrogen-bond acceptors (Lipinski definition) is 2. The third-order valence-corrected chi connectivity index (χ3v) is 4.70. The molecule has 16 heavy (non-hydrogen) atoms. The third kappa shape index (κ3) is 1.82. The summed E-state index contributed by atoms with van der Waals surface area (Å²) in [6, 6.07) is 1.05. The summed E-state index contributed by atoms with van der Waals surface area (Å²) in [5.41, 5.74) is -0.615. The smallest absolute Gasteiger partial charge is 0.0882 e. The molecule has 2 nitrogen and oxygen atoms in total. The van der Waals surface area contributed by atoms with E-state index in [1.807, 2.05) is 0 Å². The molecule has 1 aliphatic carbocycles. The molecule has 0 aromatic heterocycles. The number of likely N-dealkylation sites (tertiary alicyclic amines) is 1. The Balaban J connectivity index is 2.26. The largest absolute Gasteiger partial charge is 0.385 e.